The van der Waals surface area contributed by atoms with E-state index in [-0.39, 0.29) is 19.9 Å². The molecule has 4 nitrogen and oxygen atoms in total. The Morgan fingerprint density at radius 1 is 1.33 bits per heavy atom. The van der Waals surface area contributed by atoms with Crippen LogP contribution in [0.15, 0.2) is 0 Å². The summed E-state index contributed by atoms with van der Waals surface area (Å²) in [5.74, 6) is 0. The molecule has 0 amide bonds. The van der Waals surface area contributed by atoms with Crippen LogP contribution < -0.4 is 14.7 Å². The van der Waals surface area contributed by atoms with Crippen molar-refractivity contribution in [2.45, 2.75) is 0 Å². The van der Waals surface area contributed by atoms with Crippen molar-refractivity contribution in [1.82, 2.24) is 0 Å². The van der Waals surface area contributed by atoms with Gasteiger partial charge in [-0.3, -0.25) is 0 Å². The molecule has 41 valence electrons. The van der Waals surface area contributed by atoms with E-state index < -0.39 is 7.82 Å². The minimum Gasteiger partial charge on any atom is -0.822 e. The molecule has 0 aliphatic heterocycles. The summed E-state index contributed by atoms with van der Waals surface area (Å²) >= 11 is 0. The quantitative estimate of drug-likeness (QED) is 0.287. The Balaban J connectivity index is -0.0000000267. The largest absolute Gasteiger partial charge is 2.00 e. The van der Waals surface area contributed by atoms with Gasteiger partial charge < -0.3 is 19.2 Å². The molecule has 0 bridgehead atoms. The zero-order valence-electron chi connectivity index (χ0n) is 4.38. The average molecular weight is 161 g/mol. The fourth-order valence-corrected chi connectivity index (χ4v) is 0. The second kappa shape index (κ2) is 2.75. The third-order valence-corrected chi connectivity index (χ3v) is 0. The second-order valence-corrected chi connectivity index (χ2v) is 1.34. The molecule has 0 aliphatic rings. The molecule has 0 fully saturated rings. The Hall–Kier alpha value is 0.629. The van der Waals surface area contributed by atoms with Crippen molar-refractivity contribution in [2.75, 3.05) is 0 Å². The maximum Gasteiger partial charge on any atom is 2.00 e. The number of rotatable bonds is 0. The Morgan fingerprint density at radius 3 is 1.33 bits per heavy atom. The number of hydrogen-bond donors (Lipinski definition) is 0. The molecule has 0 aromatic rings. The molecule has 0 rings (SSSR count). The normalized spacial score (nSPS) is 9.83. The van der Waals surface area contributed by atoms with Gasteiger partial charge in [0, 0.05) is 0 Å². The first-order valence-electron chi connectivity index (χ1n) is 0.730. The molecule has 0 saturated carbocycles. The van der Waals surface area contributed by atoms with Gasteiger partial charge in [-0.25, -0.2) is 0 Å². The van der Waals surface area contributed by atoms with Gasteiger partial charge >= 0.3 is 19.9 Å². The van der Waals surface area contributed by atoms with Gasteiger partial charge in [0.05, 0.1) is 0 Å². The fraction of sp³-hybridized carbons (Fsp3) is 0. The third kappa shape index (κ3) is 154. The van der Waals surface area contributed by atoms with E-state index in [1.807, 2.05) is 0 Å². The van der Waals surface area contributed by atoms with Gasteiger partial charge in [0.1, 0.15) is 0 Å². The van der Waals surface area contributed by atoms with Gasteiger partial charge in [0.2, 0.25) is 0 Å². The van der Waals surface area contributed by atoms with Gasteiger partial charge in [-0.2, -0.15) is 7.82 Å². The average Bonchev–Trinajstić information content (AvgIpc) is 0.722. The standard InChI is InChI=1S/Cu.H3O4P/c;1-5(2,3)4/h;(H3,1,2,3,4)/q+2;/p-1. The van der Waals surface area contributed by atoms with Gasteiger partial charge in [0.15, 0.2) is 0 Å². The van der Waals surface area contributed by atoms with Gasteiger partial charge in [-0.15, -0.1) is 0 Å². The van der Waals surface area contributed by atoms with E-state index in [0.717, 1.165) is 0 Å². The van der Waals surface area contributed by atoms with Crippen molar-refractivity contribution in [2.24, 2.45) is 0 Å². The molecule has 0 aromatic carbocycles. The Morgan fingerprint density at radius 2 is 1.33 bits per heavy atom. The Kier molecular flexibility index (Phi) is 4.49. The summed E-state index contributed by atoms with van der Waals surface area (Å²) in [6.45, 7) is 0. The molecular formula is H2CuO4P+. The number of hydrogen-bond acceptors (Lipinski definition) is 4. The summed E-state index contributed by atoms with van der Waals surface area (Å²) < 4.78 is 8.55. The zero-order chi connectivity index (χ0) is 4.50. The van der Waals surface area contributed by atoms with Crippen LogP contribution in [0.2, 0.25) is 0 Å². The SMILES string of the molecule is O=P([O-])([O-])[O-].[Cu+2].[H+].[H+]. The van der Waals surface area contributed by atoms with E-state index in [4.69, 9.17) is 19.2 Å². The first kappa shape index (κ1) is 9.80. The predicted octanol–water partition coefficient (Wildman–Crippen LogP) is -2.60. The van der Waals surface area contributed by atoms with Crippen LogP contribution in [-0.2, 0) is 21.6 Å². The predicted molar refractivity (Wildman–Crippen MR) is 9.83 cm³/mol. The zero-order valence-corrected chi connectivity index (χ0v) is 4.22. The molecule has 0 aromatic heterocycles. The summed E-state index contributed by atoms with van der Waals surface area (Å²) in [6.07, 6.45) is 0. The van der Waals surface area contributed by atoms with E-state index in [1.165, 1.54) is 0 Å². The number of phosphoric acid groups is 1. The van der Waals surface area contributed by atoms with Crippen LogP contribution in [0.25, 0.3) is 0 Å². The maximum atomic E-state index is 8.55. The van der Waals surface area contributed by atoms with Crippen LogP contribution in [0.1, 0.15) is 2.85 Å². The molecule has 0 aliphatic carbocycles. The monoisotopic (exact) mass is 160 g/mol. The summed E-state index contributed by atoms with van der Waals surface area (Å²) in [4.78, 5) is 25.6. The van der Waals surface area contributed by atoms with Crippen molar-refractivity contribution >= 4 is 7.82 Å². The molecule has 0 saturated heterocycles. The molecule has 0 N–H and O–H groups in total. The van der Waals surface area contributed by atoms with E-state index in [9.17, 15) is 0 Å². The topological polar surface area (TPSA) is 86.2 Å². The van der Waals surface area contributed by atoms with Crippen molar-refractivity contribution in [3.63, 3.8) is 0 Å². The molecule has 0 heterocycles. The second-order valence-electron chi connectivity index (χ2n) is 0.447. The summed E-state index contributed by atoms with van der Waals surface area (Å²) in [5.41, 5.74) is 0. The molecule has 0 spiro atoms. The summed E-state index contributed by atoms with van der Waals surface area (Å²) in [7, 11) is -5.39. The molecule has 6 heteroatoms. The van der Waals surface area contributed by atoms with E-state index in [0.29, 0.717) is 0 Å². The first-order chi connectivity index (χ1) is 2.00. The van der Waals surface area contributed by atoms with Crippen molar-refractivity contribution in [3.05, 3.63) is 0 Å². The maximum absolute atomic E-state index is 8.55. The minimum atomic E-state index is -5.39. The molecule has 6 heavy (non-hydrogen) atoms. The van der Waals surface area contributed by atoms with Crippen molar-refractivity contribution in [1.29, 1.82) is 0 Å². The van der Waals surface area contributed by atoms with Crippen LogP contribution in [0.5, 0.6) is 0 Å². The summed E-state index contributed by atoms with van der Waals surface area (Å²) in [6, 6.07) is 0. The fourth-order valence-electron chi connectivity index (χ4n) is 0. The van der Waals surface area contributed by atoms with E-state index in [2.05, 4.69) is 0 Å². The van der Waals surface area contributed by atoms with Crippen LogP contribution in [0.3, 0.4) is 0 Å². The summed E-state index contributed by atoms with van der Waals surface area (Å²) in [5, 5.41) is 0. The van der Waals surface area contributed by atoms with Gasteiger partial charge in [0.25, 0.3) is 0 Å². The van der Waals surface area contributed by atoms with Crippen LogP contribution >= 0.6 is 7.82 Å². The Bertz CT molecular complexity index is 60.2. The Labute approximate surface area is 47.9 Å². The van der Waals surface area contributed by atoms with Crippen LogP contribution in [-0.4, -0.2) is 0 Å². The molecule has 0 atom stereocenters. The minimum absolute atomic E-state index is 0. The molecule has 1 radical (unpaired) electrons. The van der Waals surface area contributed by atoms with E-state index in [1.54, 1.807) is 0 Å². The van der Waals surface area contributed by atoms with E-state index >= 15 is 0 Å². The van der Waals surface area contributed by atoms with Crippen molar-refractivity contribution in [3.8, 4) is 0 Å². The first-order valence-corrected chi connectivity index (χ1v) is 2.19. The smallest absolute Gasteiger partial charge is 0.822 e. The molecular weight excluding hydrogens is 159 g/mol. The van der Waals surface area contributed by atoms with Gasteiger partial charge in [-0.05, 0) is 0 Å². The third-order valence-electron chi connectivity index (χ3n) is 0. The van der Waals surface area contributed by atoms with Gasteiger partial charge in [-0.1, -0.05) is 0 Å². The molecule has 0 unspecified atom stereocenters. The van der Waals surface area contributed by atoms with Crippen LogP contribution in [0, 0.1) is 0 Å². The van der Waals surface area contributed by atoms with Crippen LogP contribution in [0.4, 0.5) is 0 Å². The van der Waals surface area contributed by atoms with Crippen molar-refractivity contribution < 1.29 is 39.2 Å².